The van der Waals surface area contributed by atoms with Crippen molar-refractivity contribution in [1.82, 2.24) is 4.90 Å². The Bertz CT molecular complexity index is 1150. The predicted octanol–water partition coefficient (Wildman–Crippen LogP) is -0.371. The number of likely N-dealkylation sites (N-methyl/N-ethyl adjacent to an activating group) is 1. The first-order valence-corrected chi connectivity index (χ1v) is 9.97. The molecule has 1 aromatic carbocycles. The molecule has 32 heavy (non-hydrogen) atoms. The fourth-order valence-electron chi connectivity index (χ4n) is 5.50. The van der Waals surface area contributed by atoms with E-state index in [1.807, 2.05) is 0 Å². The fraction of sp³-hybridized carbons (Fsp3) is 0.409. The Morgan fingerprint density at radius 3 is 2.34 bits per heavy atom. The lowest BCUT2D eigenvalue weighted by Gasteiger charge is -2.53. The maximum Gasteiger partial charge on any atom is 0.255 e. The van der Waals surface area contributed by atoms with E-state index in [1.165, 1.54) is 44.1 Å². The van der Waals surface area contributed by atoms with Crippen molar-refractivity contribution < 1.29 is 39.9 Å². The fourth-order valence-corrected chi connectivity index (χ4v) is 5.50. The van der Waals surface area contributed by atoms with Gasteiger partial charge in [-0.2, -0.15) is 0 Å². The van der Waals surface area contributed by atoms with E-state index in [9.17, 15) is 39.9 Å². The van der Waals surface area contributed by atoms with Crippen molar-refractivity contribution >= 4 is 23.2 Å². The van der Waals surface area contributed by atoms with Crippen molar-refractivity contribution in [3.8, 4) is 5.75 Å². The van der Waals surface area contributed by atoms with E-state index in [-0.39, 0.29) is 17.5 Å². The second kappa shape index (κ2) is 6.64. The molecule has 0 aliphatic heterocycles. The smallest absolute Gasteiger partial charge is 0.255 e. The van der Waals surface area contributed by atoms with Gasteiger partial charge in [0.1, 0.15) is 22.8 Å². The summed E-state index contributed by atoms with van der Waals surface area (Å²) in [5.74, 6) is -7.90. The summed E-state index contributed by atoms with van der Waals surface area (Å²) < 4.78 is 0. The third kappa shape index (κ3) is 2.48. The molecule has 1 fully saturated rings. The van der Waals surface area contributed by atoms with Gasteiger partial charge in [0, 0.05) is 17.4 Å². The quantitative estimate of drug-likeness (QED) is 0.332. The first kappa shape index (κ1) is 22.0. The van der Waals surface area contributed by atoms with Gasteiger partial charge in [-0.25, -0.2) is 0 Å². The first-order valence-electron chi connectivity index (χ1n) is 9.97. The third-order valence-corrected chi connectivity index (χ3v) is 7.02. The normalized spacial score (nSPS) is 34.4. The number of phenolic OH excluding ortho intramolecular Hbond substituents is 1. The number of nitrogens with two attached hydrogens (primary N) is 1. The lowest BCUT2D eigenvalue weighted by molar-refractivity contribution is -0.159. The number of Topliss-reactive ketones (excluding diaryl/α,β-unsaturated/α-hetero) is 2. The van der Waals surface area contributed by atoms with E-state index < -0.39 is 75.0 Å². The molecule has 0 bridgehead atoms. The van der Waals surface area contributed by atoms with Crippen LogP contribution in [0.3, 0.4) is 0 Å². The Morgan fingerprint density at radius 2 is 1.78 bits per heavy atom. The van der Waals surface area contributed by atoms with Crippen LogP contribution in [0.1, 0.15) is 24.5 Å². The van der Waals surface area contributed by atoms with Crippen molar-refractivity contribution in [2.24, 2.45) is 17.6 Å². The summed E-state index contributed by atoms with van der Waals surface area (Å²) in [5, 5.41) is 54.9. The van der Waals surface area contributed by atoms with Crippen LogP contribution in [0.2, 0.25) is 0 Å². The molecule has 0 spiro atoms. The number of ketones is 2. The van der Waals surface area contributed by atoms with Crippen molar-refractivity contribution in [2.75, 3.05) is 14.1 Å². The molecule has 1 amide bonds. The summed E-state index contributed by atoms with van der Waals surface area (Å²) in [4.78, 5) is 40.0. The summed E-state index contributed by atoms with van der Waals surface area (Å²) in [7, 11) is 3.01. The molecule has 1 aromatic rings. The maximum absolute atomic E-state index is 13.7. The number of hydrogen-bond donors (Lipinski definition) is 6. The number of aliphatic hydroxyl groups excluding tert-OH is 2. The Balaban J connectivity index is 2.05. The summed E-state index contributed by atoms with van der Waals surface area (Å²) in [6.07, 6.45) is -0.200. The second-order valence-corrected chi connectivity index (χ2v) is 8.96. The van der Waals surface area contributed by atoms with Crippen LogP contribution in [0, 0.1) is 11.8 Å². The number of nitrogens with zero attached hydrogens (tertiary/aromatic N) is 1. The van der Waals surface area contributed by atoms with Crippen LogP contribution < -0.4 is 5.73 Å². The molecular weight excluding hydrogens is 420 g/mol. The molecule has 1 saturated carbocycles. The summed E-state index contributed by atoms with van der Waals surface area (Å²) >= 11 is 0. The van der Waals surface area contributed by atoms with Crippen LogP contribution in [0.5, 0.6) is 5.75 Å². The average molecular weight is 444 g/mol. The lowest BCUT2D eigenvalue weighted by Crippen LogP contribution is -2.67. The van der Waals surface area contributed by atoms with Gasteiger partial charge in [0.2, 0.25) is 5.78 Å². The average Bonchev–Trinajstić information content (AvgIpc) is 2.68. The Kier molecular flexibility index (Phi) is 4.57. The van der Waals surface area contributed by atoms with E-state index >= 15 is 0 Å². The van der Waals surface area contributed by atoms with Gasteiger partial charge >= 0.3 is 0 Å². The number of amides is 1. The maximum atomic E-state index is 13.7. The number of aromatic hydroxyl groups is 1. The Labute approximate surface area is 182 Å². The minimum Gasteiger partial charge on any atom is -0.508 e. The molecule has 5 atom stereocenters. The van der Waals surface area contributed by atoms with E-state index in [0.717, 1.165) is 0 Å². The van der Waals surface area contributed by atoms with Gasteiger partial charge in [0.15, 0.2) is 11.4 Å². The van der Waals surface area contributed by atoms with Crippen molar-refractivity contribution in [3.63, 3.8) is 0 Å². The molecule has 0 heterocycles. The SMILES string of the molecule is CN(C)[C@@H]1C(=O)C(C(N)=O)=C(O)[C@@]2(O)C(=O)C3=C(O)c4c(O)cccc4[C@@](C)(O)[C@H]3C[C@H]12. The van der Waals surface area contributed by atoms with E-state index in [4.69, 9.17) is 5.73 Å². The molecule has 170 valence electrons. The summed E-state index contributed by atoms with van der Waals surface area (Å²) in [6.45, 7) is 1.40. The van der Waals surface area contributed by atoms with Gasteiger partial charge in [-0.1, -0.05) is 12.1 Å². The zero-order valence-electron chi connectivity index (χ0n) is 17.7. The molecule has 0 unspecified atom stereocenters. The largest absolute Gasteiger partial charge is 0.508 e. The van der Waals surface area contributed by atoms with Crippen molar-refractivity contribution in [1.29, 1.82) is 0 Å². The number of benzene rings is 1. The van der Waals surface area contributed by atoms with Gasteiger partial charge in [0.25, 0.3) is 5.91 Å². The topological polar surface area (TPSA) is 182 Å². The summed E-state index contributed by atoms with van der Waals surface area (Å²) in [5.41, 5.74) is -0.548. The van der Waals surface area contributed by atoms with Crippen LogP contribution in [0.15, 0.2) is 35.1 Å². The minimum absolute atomic E-state index is 0.170. The number of hydrogen-bond acceptors (Lipinski definition) is 9. The van der Waals surface area contributed by atoms with Crippen LogP contribution in [-0.4, -0.2) is 73.6 Å². The number of fused-ring (bicyclic) bond motifs is 3. The van der Waals surface area contributed by atoms with Crippen LogP contribution in [-0.2, 0) is 20.0 Å². The highest BCUT2D eigenvalue weighted by Crippen LogP contribution is 2.57. The molecule has 4 rings (SSSR count). The molecule has 0 radical (unpaired) electrons. The number of primary amides is 1. The zero-order chi connectivity index (χ0) is 23.9. The molecule has 7 N–H and O–H groups in total. The molecule has 3 aliphatic rings. The van der Waals surface area contributed by atoms with Crippen LogP contribution >= 0.6 is 0 Å². The highest BCUT2D eigenvalue weighted by atomic mass is 16.3. The number of carbonyl (C=O) groups excluding carboxylic acids is 3. The standard InChI is InChI=1S/C22H24N2O8/c1-21(31)8-5-4-6-11(25)12(8)16(26)13-9(21)7-10-15(24(2)3)17(27)14(20(23)30)19(29)22(10,32)18(13)28/h4-6,9-10,15,25-26,29,31-32H,7H2,1-3H3,(H2,23,30)/t9-,10+,15-,21+,22-/m0/s1. The predicted molar refractivity (Wildman–Crippen MR) is 110 cm³/mol. The van der Waals surface area contributed by atoms with E-state index in [0.29, 0.717) is 0 Å². The Morgan fingerprint density at radius 1 is 1.16 bits per heavy atom. The van der Waals surface area contributed by atoms with E-state index in [2.05, 4.69) is 0 Å². The molecule has 0 saturated heterocycles. The van der Waals surface area contributed by atoms with Crippen LogP contribution in [0.4, 0.5) is 0 Å². The first-order chi connectivity index (χ1) is 14.8. The zero-order valence-corrected chi connectivity index (χ0v) is 17.7. The monoisotopic (exact) mass is 444 g/mol. The Hall–Kier alpha value is -3.21. The summed E-state index contributed by atoms with van der Waals surface area (Å²) in [6, 6.07) is 3.02. The molecule has 10 nitrogen and oxygen atoms in total. The number of rotatable bonds is 2. The third-order valence-electron chi connectivity index (χ3n) is 7.02. The molecule has 0 aromatic heterocycles. The molecule has 3 aliphatic carbocycles. The van der Waals surface area contributed by atoms with Gasteiger partial charge in [0.05, 0.1) is 17.2 Å². The van der Waals surface area contributed by atoms with Gasteiger partial charge in [-0.3, -0.25) is 19.3 Å². The number of carbonyl (C=O) groups is 3. The van der Waals surface area contributed by atoms with Gasteiger partial charge < -0.3 is 31.3 Å². The van der Waals surface area contributed by atoms with Gasteiger partial charge in [-0.05, 0) is 39.1 Å². The van der Waals surface area contributed by atoms with E-state index in [1.54, 1.807) is 0 Å². The van der Waals surface area contributed by atoms with Crippen molar-refractivity contribution in [3.05, 3.63) is 46.2 Å². The highest BCUT2D eigenvalue weighted by Gasteiger charge is 2.66. The number of phenols is 1. The van der Waals surface area contributed by atoms with Gasteiger partial charge in [-0.15, -0.1) is 0 Å². The highest BCUT2D eigenvalue weighted by molar-refractivity contribution is 6.24. The lowest BCUT2D eigenvalue weighted by atomic mass is 9.54. The second-order valence-electron chi connectivity index (χ2n) is 8.96. The van der Waals surface area contributed by atoms with Crippen molar-refractivity contribution in [2.45, 2.75) is 30.6 Å². The number of aliphatic hydroxyl groups is 4. The van der Waals surface area contributed by atoms with Crippen LogP contribution in [0.25, 0.3) is 5.76 Å². The molecule has 10 heteroatoms. The minimum atomic E-state index is -2.75. The molecular formula is C22H24N2O8.